The zero-order valence-corrected chi connectivity index (χ0v) is 31.0. The van der Waals surface area contributed by atoms with E-state index in [1.807, 2.05) is 42.5 Å². The quantitative estimate of drug-likeness (QED) is 0.0839. The fourth-order valence-corrected chi connectivity index (χ4v) is 8.76. The van der Waals surface area contributed by atoms with Gasteiger partial charge in [-0.1, -0.05) is 120 Å². The van der Waals surface area contributed by atoms with Crippen molar-refractivity contribution in [1.82, 2.24) is 0 Å². The summed E-state index contributed by atoms with van der Waals surface area (Å²) in [6.45, 7) is 14.1. The lowest BCUT2D eigenvalue weighted by Gasteiger charge is -2.43. The van der Waals surface area contributed by atoms with Gasteiger partial charge in [0.25, 0.3) is 0 Å². The molecule has 47 heavy (non-hydrogen) atoms. The minimum atomic E-state index is -1.94. The average molecular weight is 661 g/mol. The lowest BCUT2D eigenvalue weighted by atomic mass is 9.74. The third-order valence-electron chi connectivity index (χ3n) is 11.5. The van der Waals surface area contributed by atoms with Crippen LogP contribution in [0.2, 0.25) is 18.1 Å². The van der Waals surface area contributed by atoms with Crippen molar-refractivity contribution in [2.45, 2.75) is 148 Å². The van der Waals surface area contributed by atoms with Crippen molar-refractivity contribution >= 4 is 20.3 Å². The molecule has 0 radical (unpaired) electrons. The first kappa shape index (κ1) is 37.1. The number of carbonyl (C=O) groups excluding carboxylic acids is 1. The lowest BCUT2D eigenvalue weighted by molar-refractivity contribution is -0.137. The highest BCUT2D eigenvalue weighted by Crippen LogP contribution is 2.48. The first-order chi connectivity index (χ1) is 22.3. The third kappa shape index (κ3) is 10.1. The van der Waals surface area contributed by atoms with Crippen molar-refractivity contribution < 1.29 is 23.9 Å². The summed E-state index contributed by atoms with van der Waals surface area (Å²) in [6, 6.07) is 17.9. The number of aliphatic carboxylic acids is 1. The van der Waals surface area contributed by atoms with Crippen LogP contribution in [0.25, 0.3) is 11.1 Å². The van der Waals surface area contributed by atoms with Gasteiger partial charge in [0.1, 0.15) is 6.10 Å². The second-order valence-electron chi connectivity index (χ2n) is 15.9. The molecule has 0 aliphatic heterocycles. The second kappa shape index (κ2) is 16.6. The molecule has 3 atom stereocenters. The van der Waals surface area contributed by atoms with Gasteiger partial charge in [-0.2, -0.15) is 0 Å². The zero-order valence-electron chi connectivity index (χ0n) is 30.0. The van der Waals surface area contributed by atoms with Gasteiger partial charge in [0.05, 0.1) is 5.56 Å². The molecule has 0 heterocycles. The zero-order chi connectivity index (χ0) is 34.1. The summed E-state index contributed by atoms with van der Waals surface area (Å²) >= 11 is 0. The van der Waals surface area contributed by atoms with Crippen molar-refractivity contribution in [1.29, 1.82) is 0 Å². The molecule has 258 valence electrons. The van der Waals surface area contributed by atoms with E-state index >= 15 is 0 Å². The first-order valence-electron chi connectivity index (χ1n) is 18.3. The van der Waals surface area contributed by atoms with E-state index in [0.717, 1.165) is 56.1 Å². The maximum Gasteiger partial charge on any atom is 0.338 e. The highest BCUT2D eigenvalue weighted by atomic mass is 28.4. The molecule has 0 aromatic heterocycles. The largest absolute Gasteiger partial charge is 0.481 e. The Morgan fingerprint density at radius 3 is 2.19 bits per heavy atom. The number of carbonyl (C=O) groups is 2. The summed E-state index contributed by atoms with van der Waals surface area (Å²) in [7, 11) is -1.94. The summed E-state index contributed by atoms with van der Waals surface area (Å²) in [4.78, 5) is 24.5. The summed E-state index contributed by atoms with van der Waals surface area (Å²) in [6.07, 6.45) is 16.3. The Labute approximate surface area is 285 Å². The smallest absolute Gasteiger partial charge is 0.338 e. The fraction of sp³-hybridized carbons (Fsp3) is 0.610. The molecule has 4 rings (SSSR count). The number of unbranched alkanes of at least 4 members (excludes halogenated alkanes) is 3. The van der Waals surface area contributed by atoms with Crippen LogP contribution >= 0.6 is 0 Å². The summed E-state index contributed by atoms with van der Waals surface area (Å²) in [5, 5.41) is 9.22. The maximum atomic E-state index is 13.5. The summed E-state index contributed by atoms with van der Waals surface area (Å²) in [5.41, 5.74) is 3.93. The Morgan fingerprint density at radius 1 is 0.915 bits per heavy atom. The van der Waals surface area contributed by atoms with E-state index in [-0.39, 0.29) is 35.1 Å². The van der Waals surface area contributed by atoms with Gasteiger partial charge in [-0.3, -0.25) is 4.79 Å². The van der Waals surface area contributed by atoms with Crippen LogP contribution in [0, 0.1) is 11.3 Å². The predicted molar refractivity (Wildman–Crippen MR) is 195 cm³/mol. The van der Waals surface area contributed by atoms with E-state index in [4.69, 9.17) is 14.3 Å². The van der Waals surface area contributed by atoms with Crippen LogP contribution in [0.15, 0.2) is 66.2 Å². The molecule has 0 saturated heterocycles. The standard InChI is InChI=1S/C41H60O5Si/c1-40(2,3)47(5,6)46-36(33-19-13-10-14-20-33)28-26-35-27-29-37(41(35,4)30-16-8-7-15-21-38(42)43)45-39(44)34-24-22-32(23-25-34)31-17-11-9-12-18-31/h9,11-12,17-18,22-25,27,33,36-37H,7-8,10,13-16,19-21,26,28-30H2,1-6H3,(H,42,43)/t36-,37-,41+/m0/s1. The van der Waals surface area contributed by atoms with Crippen LogP contribution in [-0.4, -0.2) is 37.6 Å². The van der Waals surface area contributed by atoms with Crippen molar-refractivity contribution in [2.75, 3.05) is 0 Å². The Kier molecular flexibility index (Phi) is 13.1. The summed E-state index contributed by atoms with van der Waals surface area (Å²) in [5.74, 6) is -0.375. The number of carboxylic acids is 1. The molecule has 0 bridgehead atoms. The van der Waals surface area contributed by atoms with Gasteiger partial charge in [-0.05, 0) is 85.8 Å². The van der Waals surface area contributed by atoms with Crippen molar-refractivity contribution in [3.8, 4) is 11.1 Å². The minimum Gasteiger partial charge on any atom is -0.481 e. The van der Waals surface area contributed by atoms with Gasteiger partial charge in [0.2, 0.25) is 0 Å². The monoisotopic (exact) mass is 660 g/mol. The molecule has 5 nitrogen and oxygen atoms in total. The molecule has 2 aliphatic rings. The highest BCUT2D eigenvalue weighted by molar-refractivity contribution is 6.74. The first-order valence-corrected chi connectivity index (χ1v) is 21.2. The van der Waals surface area contributed by atoms with Crippen LogP contribution in [0.1, 0.15) is 128 Å². The number of esters is 1. The molecule has 2 aromatic rings. The molecule has 0 unspecified atom stereocenters. The van der Waals surface area contributed by atoms with Crippen LogP contribution in [0.3, 0.4) is 0 Å². The SMILES string of the molecule is CC(C)(C)[Si](C)(C)O[C@@H](CCC1=CC[C@H](OC(=O)c2ccc(-c3ccccc3)cc2)[C@]1(C)CCCCCCC(=O)O)C1CCCCC1. The average Bonchev–Trinajstić information content (AvgIpc) is 3.35. The van der Waals surface area contributed by atoms with E-state index in [1.54, 1.807) is 0 Å². The second-order valence-corrected chi connectivity index (χ2v) is 20.6. The molecule has 2 aromatic carbocycles. The van der Waals surface area contributed by atoms with Crippen LogP contribution in [0.5, 0.6) is 0 Å². The Balaban J connectivity index is 1.47. The molecule has 1 N–H and O–H groups in total. The third-order valence-corrected chi connectivity index (χ3v) is 16.0. The molecule has 0 spiro atoms. The van der Waals surface area contributed by atoms with Gasteiger partial charge in [0.15, 0.2) is 8.32 Å². The van der Waals surface area contributed by atoms with Gasteiger partial charge in [0, 0.05) is 24.4 Å². The lowest BCUT2D eigenvalue weighted by Crippen LogP contribution is -2.46. The number of hydrogen-bond acceptors (Lipinski definition) is 4. The number of benzene rings is 2. The van der Waals surface area contributed by atoms with Crippen LogP contribution in [-0.2, 0) is 14.0 Å². The van der Waals surface area contributed by atoms with E-state index in [0.29, 0.717) is 17.9 Å². The van der Waals surface area contributed by atoms with E-state index < -0.39 is 14.3 Å². The number of hydrogen-bond donors (Lipinski definition) is 1. The minimum absolute atomic E-state index is 0.167. The van der Waals surface area contributed by atoms with Gasteiger partial charge < -0.3 is 14.3 Å². The number of rotatable bonds is 16. The summed E-state index contributed by atoms with van der Waals surface area (Å²) < 4.78 is 13.5. The molecular formula is C41H60O5Si. The molecule has 2 aliphatic carbocycles. The van der Waals surface area contributed by atoms with E-state index in [9.17, 15) is 9.59 Å². The van der Waals surface area contributed by atoms with E-state index in [2.05, 4.69) is 59.0 Å². The molecule has 1 fully saturated rings. The normalized spacial score (nSPS) is 21.3. The molecule has 6 heteroatoms. The number of ether oxygens (including phenoxy) is 1. The highest BCUT2D eigenvalue weighted by Gasteiger charge is 2.45. The fourth-order valence-electron chi connectivity index (χ4n) is 7.34. The molecule has 1 saturated carbocycles. The molecular weight excluding hydrogens is 601 g/mol. The van der Waals surface area contributed by atoms with Gasteiger partial charge in [-0.25, -0.2) is 4.79 Å². The van der Waals surface area contributed by atoms with E-state index in [1.165, 1.54) is 37.7 Å². The van der Waals surface area contributed by atoms with Crippen LogP contribution < -0.4 is 0 Å². The molecule has 0 amide bonds. The predicted octanol–water partition coefficient (Wildman–Crippen LogP) is 11.4. The van der Waals surface area contributed by atoms with Gasteiger partial charge >= 0.3 is 11.9 Å². The van der Waals surface area contributed by atoms with Crippen molar-refractivity contribution in [3.05, 3.63) is 71.8 Å². The topological polar surface area (TPSA) is 72.8 Å². The Morgan fingerprint density at radius 2 is 1.55 bits per heavy atom. The van der Waals surface area contributed by atoms with Crippen molar-refractivity contribution in [2.24, 2.45) is 11.3 Å². The van der Waals surface area contributed by atoms with Crippen LogP contribution in [0.4, 0.5) is 0 Å². The van der Waals surface area contributed by atoms with Crippen molar-refractivity contribution in [3.63, 3.8) is 0 Å². The Hall–Kier alpha value is -2.70. The Bertz CT molecular complexity index is 1320. The number of carboxylic acid groups (broad SMARTS) is 1. The van der Waals surface area contributed by atoms with Gasteiger partial charge in [-0.15, -0.1) is 0 Å². The maximum absolute atomic E-state index is 13.5.